The molecule has 0 atom stereocenters. The Balaban J connectivity index is 1.70. The van der Waals surface area contributed by atoms with Crippen LogP contribution >= 0.6 is 12.2 Å². The van der Waals surface area contributed by atoms with Crippen LogP contribution in [0.4, 0.5) is 22.7 Å². The molecular weight excluding hydrogens is 446 g/mol. The van der Waals surface area contributed by atoms with Crippen LogP contribution in [0.5, 0.6) is 0 Å². The van der Waals surface area contributed by atoms with Crippen LogP contribution in [0.15, 0.2) is 42.5 Å². The zero-order valence-electron chi connectivity index (χ0n) is 18.3. The molecule has 0 spiro atoms. The number of non-ortho nitro benzene ring substituents is 1. The van der Waals surface area contributed by atoms with Crippen LogP contribution in [-0.4, -0.2) is 48.2 Å². The fourth-order valence-electron chi connectivity index (χ4n) is 3.16. The maximum atomic E-state index is 13.0. The van der Waals surface area contributed by atoms with Gasteiger partial charge in [-0.05, 0) is 42.5 Å². The van der Waals surface area contributed by atoms with E-state index in [4.69, 9.17) is 17.0 Å². The third kappa shape index (κ3) is 6.46. The Kier molecular flexibility index (Phi) is 7.91. The van der Waals surface area contributed by atoms with Gasteiger partial charge in [-0.15, -0.1) is 0 Å². The first-order valence-corrected chi connectivity index (χ1v) is 10.8. The molecule has 1 heterocycles. The number of thiocarbonyl (C=S) groups is 1. The van der Waals surface area contributed by atoms with Crippen LogP contribution in [0.1, 0.15) is 24.2 Å². The second-order valence-electron chi connectivity index (χ2n) is 7.69. The van der Waals surface area contributed by atoms with Crippen molar-refractivity contribution in [3.8, 4) is 0 Å². The van der Waals surface area contributed by atoms with Gasteiger partial charge in [-0.25, -0.2) is 0 Å². The summed E-state index contributed by atoms with van der Waals surface area (Å²) in [6, 6.07) is 11.0. The van der Waals surface area contributed by atoms with Gasteiger partial charge < -0.3 is 20.3 Å². The fourth-order valence-corrected chi connectivity index (χ4v) is 3.37. The van der Waals surface area contributed by atoms with E-state index in [1.807, 2.05) is 4.90 Å². The van der Waals surface area contributed by atoms with Crippen molar-refractivity contribution in [2.75, 3.05) is 41.8 Å². The van der Waals surface area contributed by atoms with Crippen molar-refractivity contribution in [3.63, 3.8) is 0 Å². The molecule has 11 heteroatoms. The molecule has 1 aliphatic heterocycles. The van der Waals surface area contributed by atoms with E-state index in [0.29, 0.717) is 43.4 Å². The topological polar surface area (TPSA) is 126 Å². The van der Waals surface area contributed by atoms with E-state index in [-0.39, 0.29) is 28.2 Å². The molecule has 0 aliphatic carbocycles. The summed E-state index contributed by atoms with van der Waals surface area (Å²) in [7, 11) is 0. The number of amides is 2. The number of anilines is 3. The van der Waals surface area contributed by atoms with Crippen molar-refractivity contribution >= 4 is 51.9 Å². The van der Waals surface area contributed by atoms with E-state index in [1.54, 1.807) is 44.2 Å². The summed E-state index contributed by atoms with van der Waals surface area (Å²) in [5.41, 5.74) is 1.79. The van der Waals surface area contributed by atoms with E-state index in [0.717, 1.165) is 0 Å². The highest BCUT2D eigenvalue weighted by Crippen LogP contribution is 2.26. The maximum absolute atomic E-state index is 13.0. The van der Waals surface area contributed by atoms with Crippen LogP contribution in [0.3, 0.4) is 0 Å². The molecule has 1 saturated heterocycles. The number of carbonyl (C=O) groups excluding carboxylic acids is 2. The monoisotopic (exact) mass is 471 g/mol. The minimum atomic E-state index is -0.557. The maximum Gasteiger partial charge on any atom is 0.270 e. The predicted octanol–water partition coefficient (Wildman–Crippen LogP) is 3.15. The standard InChI is InChI=1S/C22H25N5O5S/c1-14(2)20(28)23-15-3-5-16(6-4-15)24-22(33)25-21(29)18-13-17(27(30)31)7-8-19(18)26-9-11-32-12-10-26/h3-8,13-14H,9-12H2,1-2H3,(H,23,28)(H2,24,25,29,33). The smallest absolute Gasteiger partial charge is 0.270 e. The Morgan fingerprint density at radius 1 is 1.06 bits per heavy atom. The summed E-state index contributed by atoms with van der Waals surface area (Å²) in [5, 5.41) is 19.5. The molecule has 0 bridgehead atoms. The molecule has 2 amide bonds. The molecule has 0 aromatic heterocycles. The number of rotatable bonds is 6. The lowest BCUT2D eigenvalue weighted by Gasteiger charge is -2.30. The highest BCUT2D eigenvalue weighted by atomic mass is 32.1. The van der Waals surface area contributed by atoms with E-state index < -0.39 is 10.8 Å². The van der Waals surface area contributed by atoms with Crippen LogP contribution in [0, 0.1) is 16.0 Å². The van der Waals surface area contributed by atoms with Gasteiger partial charge in [0.2, 0.25) is 5.91 Å². The van der Waals surface area contributed by atoms with Crippen LogP contribution in [0.25, 0.3) is 0 Å². The van der Waals surface area contributed by atoms with Gasteiger partial charge in [0.15, 0.2) is 5.11 Å². The number of hydrogen-bond acceptors (Lipinski definition) is 7. The molecule has 33 heavy (non-hydrogen) atoms. The Morgan fingerprint density at radius 2 is 1.67 bits per heavy atom. The quantitative estimate of drug-likeness (QED) is 0.333. The summed E-state index contributed by atoms with van der Waals surface area (Å²) in [4.78, 5) is 37.4. The Morgan fingerprint density at radius 3 is 2.24 bits per heavy atom. The minimum absolute atomic E-state index is 0.0402. The van der Waals surface area contributed by atoms with Crippen molar-refractivity contribution in [1.29, 1.82) is 0 Å². The number of carbonyl (C=O) groups is 2. The highest BCUT2D eigenvalue weighted by Gasteiger charge is 2.22. The molecule has 2 aromatic rings. The molecule has 2 aromatic carbocycles. The normalized spacial score (nSPS) is 13.4. The second kappa shape index (κ2) is 10.8. The predicted molar refractivity (Wildman–Crippen MR) is 130 cm³/mol. The Bertz CT molecular complexity index is 1050. The van der Waals surface area contributed by atoms with E-state index >= 15 is 0 Å². The number of nitrogens with one attached hydrogen (secondary N) is 3. The molecule has 174 valence electrons. The van der Waals surface area contributed by atoms with Crippen molar-refractivity contribution in [2.24, 2.45) is 5.92 Å². The molecule has 3 rings (SSSR count). The van der Waals surface area contributed by atoms with Crippen molar-refractivity contribution < 1.29 is 19.2 Å². The number of benzene rings is 2. The molecule has 3 N–H and O–H groups in total. The van der Waals surface area contributed by atoms with Gasteiger partial charge in [-0.3, -0.25) is 25.0 Å². The number of nitro groups is 1. The summed E-state index contributed by atoms with van der Waals surface area (Å²) < 4.78 is 5.35. The lowest BCUT2D eigenvalue weighted by Crippen LogP contribution is -2.39. The second-order valence-corrected chi connectivity index (χ2v) is 8.10. The van der Waals surface area contributed by atoms with Crippen molar-refractivity contribution in [3.05, 3.63) is 58.1 Å². The van der Waals surface area contributed by atoms with Gasteiger partial charge in [-0.2, -0.15) is 0 Å². The van der Waals surface area contributed by atoms with E-state index in [2.05, 4.69) is 16.0 Å². The fraction of sp³-hybridized carbons (Fsp3) is 0.318. The number of hydrogen-bond donors (Lipinski definition) is 3. The van der Waals surface area contributed by atoms with Gasteiger partial charge in [0.25, 0.3) is 11.6 Å². The number of ether oxygens (including phenoxy) is 1. The minimum Gasteiger partial charge on any atom is -0.378 e. The van der Waals surface area contributed by atoms with Gasteiger partial charge >= 0.3 is 0 Å². The molecule has 1 fully saturated rings. The summed E-state index contributed by atoms with van der Waals surface area (Å²) in [6.07, 6.45) is 0. The first-order chi connectivity index (χ1) is 15.7. The van der Waals surface area contributed by atoms with Gasteiger partial charge in [0.05, 0.1) is 29.4 Å². The third-order valence-corrected chi connectivity index (χ3v) is 5.15. The molecule has 0 saturated carbocycles. The van der Waals surface area contributed by atoms with Gasteiger partial charge in [0.1, 0.15) is 0 Å². The molecule has 1 aliphatic rings. The molecule has 10 nitrogen and oxygen atoms in total. The first kappa shape index (κ1) is 24.1. The molecular formula is C22H25N5O5S. The van der Waals surface area contributed by atoms with E-state index in [1.165, 1.54) is 12.1 Å². The lowest BCUT2D eigenvalue weighted by molar-refractivity contribution is -0.384. The van der Waals surface area contributed by atoms with Gasteiger partial charge in [-0.1, -0.05) is 13.8 Å². The Labute approximate surface area is 196 Å². The third-order valence-electron chi connectivity index (χ3n) is 4.95. The first-order valence-electron chi connectivity index (χ1n) is 10.4. The average Bonchev–Trinajstić information content (AvgIpc) is 2.80. The largest absolute Gasteiger partial charge is 0.378 e. The SMILES string of the molecule is CC(C)C(=O)Nc1ccc(NC(=S)NC(=O)c2cc([N+](=O)[O-])ccc2N2CCOCC2)cc1. The zero-order valence-corrected chi connectivity index (χ0v) is 19.1. The summed E-state index contributed by atoms with van der Waals surface area (Å²) >= 11 is 5.25. The van der Waals surface area contributed by atoms with Crippen LogP contribution in [0.2, 0.25) is 0 Å². The van der Waals surface area contributed by atoms with Crippen molar-refractivity contribution in [1.82, 2.24) is 5.32 Å². The van der Waals surface area contributed by atoms with Crippen LogP contribution < -0.4 is 20.9 Å². The number of nitrogens with zero attached hydrogens (tertiary/aromatic N) is 2. The van der Waals surface area contributed by atoms with E-state index in [9.17, 15) is 19.7 Å². The Hall–Kier alpha value is -3.57. The van der Waals surface area contributed by atoms with Crippen molar-refractivity contribution in [2.45, 2.75) is 13.8 Å². The highest BCUT2D eigenvalue weighted by molar-refractivity contribution is 7.80. The summed E-state index contributed by atoms with van der Waals surface area (Å²) in [6.45, 7) is 5.76. The lowest BCUT2D eigenvalue weighted by atomic mass is 10.1. The zero-order chi connectivity index (χ0) is 24.0. The number of nitro benzene ring substituents is 1. The molecule has 0 unspecified atom stereocenters. The average molecular weight is 472 g/mol. The molecule has 0 radical (unpaired) electrons. The van der Waals surface area contributed by atoms with Crippen LogP contribution in [-0.2, 0) is 9.53 Å². The summed E-state index contributed by atoms with van der Waals surface area (Å²) in [5.74, 6) is -0.785. The number of morpholine rings is 1. The van der Waals surface area contributed by atoms with Gasteiger partial charge in [0, 0.05) is 42.5 Å².